The van der Waals surface area contributed by atoms with Gasteiger partial charge in [0, 0.05) is 13.0 Å². The summed E-state index contributed by atoms with van der Waals surface area (Å²) in [5, 5.41) is 0. The highest BCUT2D eigenvalue weighted by Gasteiger charge is 2.26. The second-order valence-corrected chi connectivity index (χ2v) is 20.3. The summed E-state index contributed by atoms with van der Waals surface area (Å²) < 4.78 is 35.1. The van der Waals surface area contributed by atoms with Crippen molar-refractivity contribution in [1.29, 1.82) is 0 Å². The van der Waals surface area contributed by atoms with Crippen LogP contribution in [-0.2, 0) is 27.9 Å². The Morgan fingerprint density at radius 1 is 0.437 bits per heavy atom. The van der Waals surface area contributed by atoms with E-state index in [1.54, 1.807) is 0 Å². The highest BCUT2D eigenvalue weighted by molar-refractivity contribution is 7.47. The van der Waals surface area contributed by atoms with Crippen LogP contribution in [0.25, 0.3) is 0 Å². The molecule has 0 aromatic carbocycles. The van der Waals surface area contributed by atoms with Gasteiger partial charge in [-0.3, -0.25) is 13.8 Å². The molecule has 0 heterocycles. The average Bonchev–Trinajstić information content (AvgIpc) is 3.33. The van der Waals surface area contributed by atoms with Crippen LogP contribution in [0.15, 0.2) is 146 Å². The van der Waals surface area contributed by atoms with Crippen molar-refractivity contribution in [3.05, 3.63) is 146 Å². The Hall–Kier alpha value is -3.62. The molecule has 9 heteroatoms. The summed E-state index contributed by atoms with van der Waals surface area (Å²) in [6.45, 7) is 5.27. The largest absolute Gasteiger partial charge is 0.472 e. The zero-order valence-corrected chi connectivity index (χ0v) is 46.5. The second-order valence-electron chi connectivity index (χ2n) is 18.8. The van der Waals surface area contributed by atoms with E-state index in [9.17, 15) is 14.3 Å². The van der Waals surface area contributed by atoms with E-state index in [1.165, 1.54) is 57.8 Å². The van der Waals surface area contributed by atoms with E-state index in [4.69, 9.17) is 18.5 Å². The van der Waals surface area contributed by atoms with E-state index in [1.807, 2.05) is 21.1 Å². The van der Waals surface area contributed by atoms with Gasteiger partial charge in [0.2, 0.25) is 0 Å². The predicted molar refractivity (Wildman–Crippen MR) is 306 cm³/mol. The molecule has 0 saturated carbocycles. The number of hydrogen-bond donors (Lipinski definition) is 1. The SMILES string of the molecule is CC/C=C\C/C=C\C/C=C\C/C=C\C/C=C\C/C=C\C/C=C\CCCC(=O)OC(COCCCCCCCCCCCC/C=C\C/C=C\C/C=C\C/C=C\C/C=C\CC)COP(=O)(O)OCC[N+](C)(C)C. The molecule has 0 radical (unpaired) electrons. The van der Waals surface area contributed by atoms with Crippen molar-refractivity contribution >= 4 is 13.8 Å². The Labute approximate surface area is 436 Å². The number of rotatable bonds is 49. The van der Waals surface area contributed by atoms with E-state index >= 15 is 0 Å². The molecule has 0 rings (SSSR count). The Kier molecular flexibility index (Phi) is 50.0. The molecule has 0 amide bonds. The van der Waals surface area contributed by atoms with Crippen LogP contribution in [0.4, 0.5) is 0 Å². The summed E-state index contributed by atoms with van der Waals surface area (Å²) in [4.78, 5) is 23.0. The first kappa shape index (κ1) is 67.4. The van der Waals surface area contributed by atoms with Gasteiger partial charge in [0.25, 0.3) is 0 Å². The summed E-state index contributed by atoms with van der Waals surface area (Å²) in [5.74, 6) is -0.378. The highest BCUT2D eigenvalue weighted by atomic mass is 31.2. The van der Waals surface area contributed by atoms with Gasteiger partial charge in [0.15, 0.2) is 0 Å². The summed E-state index contributed by atoms with van der Waals surface area (Å²) in [6.07, 6.45) is 79.1. The van der Waals surface area contributed by atoms with Crippen LogP contribution in [0.3, 0.4) is 0 Å². The lowest BCUT2D eigenvalue weighted by atomic mass is 10.1. The van der Waals surface area contributed by atoms with E-state index < -0.39 is 13.9 Å². The molecule has 0 aliphatic rings. The van der Waals surface area contributed by atoms with Crippen LogP contribution in [0, 0.1) is 0 Å². The summed E-state index contributed by atoms with van der Waals surface area (Å²) in [7, 11) is 1.60. The van der Waals surface area contributed by atoms with Gasteiger partial charge in [-0.25, -0.2) is 4.57 Å². The molecule has 0 aromatic heterocycles. The summed E-state index contributed by atoms with van der Waals surface area (Å²) >= 11 is 0. The van der Waals surface area contributed by atoms with Crippen LogP contribution < -0.4 is 0 Å². The third-order valence-corrected chi connectivity index (χ3v) is 11.9. The van der Waals surface area contributed by atoms with Crippen LogP contribution >= 0.6 is 7.82 Å². The minimum Gasteiger partial charge on any atom is -0.457 e. The van der Waals surface area contributed by atoms with Gasteiger partial charge in [-0.15, -0.1) is 0 Å². The first-order chi connectivity index (χ1) is 34.6. The number of esters is 1. The number of phosphoric acid groups is 1. The lowest BCUT2D eigenvalue weighted by molar-refractivity contribution is -0.870. The van der Waals surface area contributed by atoms with Crippen LogP contribution in [-0.4, -0.2) is 75.6 Å². The molecule has 8 nitrogen and oxygen atoms in total. The van der Waals surface area contributed by atoms with E-state index in [0.29, 0.717) is 24.1 Å². The van der Waals surface area contributed by atoms with Crippen molar-refractivity contribution < 1.29 is 37.3 Å². The minimum absolute atomic E-state index is 0.0677. The maximum atomic E-state index is 12.8. The molecule has 2 unspecified atom stereocenters. The van der Waals surface area contributed by atoms with Crippen molar-refractivity contribution in [1.82, 2.24) is 0 Å². The number of allylic oxidation sites excluding steroid dienone is 24. The van der Waals surface area contributed by atoms with Crippen LogP contribution in [0.5, 0.6) is 0 Å². The van der Waals surface area contributed by atoms with Gasteiger partial charge < -0.3 is 18.9 Å². The van der Waals surface area contributed by atoms with E-state index in [-0.39, 0.29) is 32.2 Å². The lowest BCUT2D eigenvalue weighted by Crippen LogP contribution is -2.37. The molecule has 2 atom stereocenters. The van der Waals surface area contributed by atoms with Crippen LogP contribution in [0.1, 0.15) is 181 Å². The number of nitrogens with zero attached hydrogens (tertiary/aromatic N) is 1. The van der Waals surface area contributed by atoms with Gasteiger partial charge in [0.1, 0.15) is 19.3 Å². The molecular weight excluding hydrogens is 902 g/mol. The van der Waals surface area contributed by atoms with Crippen molar-refractivity contribution in [3.8, 4) is 0 Å². The van der Waals surface area contributed by atoms with Crippen molar-refractivity contribution in [2.45, 2.75) is 187 Å². The number of ether oxygens (including phenoxy) is 2. The third-order valence-electron chi connectivity index (χ3n) is 10.9. The highest BCUT2D eigenvalue weighted by Crippen LogP contribution is 2.43. The van der Waals surface area contributed by atoms with Crippen LogP contribution in [0.2, 0.25) is 0 Å². The van der Waals surface area contributed by atoms with Crippen molar-refractivity contribution in [2.75, 3.05) is 54.1 Å². The van der Waals surface area contributed by atoms with Gasteiger partial charge in [-0.2, -0.15) is 0 Å². The standard InChI is InChI=1S/C62H102NO7P/c1-6-8-10-12-14-16-18-20-22-24-26-28-30-31-32-34-36-38-40-42-44-46-48-50-52-54-57-67-59-61(60-69-71(65,66)68-58-56-63(3,4)5)70-62(64)55-53-51-49-47-45-43-41-39-37-35-33-29-27-25-23-21-19-17-15-13-11-9-7-2/h8-11,14-17,20-23,26-29,31-32,35,37,41,43,47,49,61H,6-7,12-13,18-19,24-25,30,33-34,36,38-40,42,44-46,48,50-60H2,1-5H3/p+1/b10-8-,11-9-,16-14-,17-15-,22-20-,23-21-,28-26-,29-27-,32-31-,37-35-,43-41-,49-47-. The van der Waals surface area contributed by atoms with E-state index in [2.05, 4.69) is 160 Å². The third kappa shape index (κ3) is 57.2. The minimum atomic E-state index is -4.31. The normalized spacial score (nSPS) is 14.6. The van der Waals surface area contributed by atoms with Gasteiger partial charge in [-0.1, -0.05) is 211 Å². The lowest BCUT2D eigenvalue weighted by Gasteiger charge is -2.24. The van der Waals surface area contributed by atoms with E-state index in [0.717, 1.165) is 96.3 Å². The first-order valence-corrected chi connectivity index (χ1v) is 29.1. The molecule has 1 N–H and O–H groups in total. The predicted octanol–water partition coefficient (Wildman–Crippen LogP) is 17.6. The zero-order chi connectivity index (χ0) is 51.9. The number of unbranched alkanes of at least 4 members (excludes halogenated alkanes) is 11. The van der Waals surface area contributed by atoms with Crippen molar-refractivity contribution in [3.63, 3.8) is 0 Å². The monoisotopic (exact) mass is 1000 g/mol. The zero-order valence-electron chi connectivity index (χ0n) is 45.6. The fraction of sp³-hybridized carbons (Fsp3) is 0.597. The molecular formula is C62H103NO7P+. The fourth-order valence-corrected chi connectivity index (χ4v) is 7.49. The molecule has 402 valence electrons. The number of hydrogen-bond acceptors (Lipinski definition) is 6. The molecule has 0 bridgehead atoms. The molecule has 71 heavy (non-hydrogen) atoms. The second kappa shape index (κ2) is 52.7. The Balaban J connectivity index is 4.25. The number of phosphoric ester groups is 1. The average molecular weight is 1010 g/mol. The first-order valence-electron chi connectivity index (χ1n) is 27.6. The molecule has 0 aliphatic heterocycles. The van der Waals surface area contributed by atoms with Crippen molar-refractivity contribution in [2.24, 2.45) is 0 Å². The maximum Gasteiger partial charge on any atom is 0.472 e. The topological polar surface area (TPSA) is 91.3 Å². The van der Waals surface area contributed by atoms with Gasteiger partial charge >= 0.3 is 13.8 Å². The number of carbonyl (C=O) groups is 1. The Morgan fingerprint density at radius 3 is 1.15 bits per heavy atom. The smallest absolute Gasteiger partial charge is 0.457 e. The van der Waals surface area contributed by atoms with Gasteiger partial charge in [0.05, 0.1) is 34.4 Å². The molecule has 0 spiro atoms. The fourth-order valence-electron chi connectivity index (χ4n) is 6.74. The quantitative estimate of drug-likeness (QED) is 0.0213. The Bertz CT molecular complexity index is 1640. The summed E-state index contributed by atoms with van der Waals surface area (Å²) in [6, 6.07) is 0. The molecule has 0 aliphatic carbocycles. The van der Waals surface area contributed by atoms with Gasteiger partial charge in [-0.05, 0) is 109 Å². The maximum absolute atomic E-state index is 12.8. The molecule has 0 saturated heterocycles. The number of likely N-dealkylation sites (N-methyl/N-ethyl adjacent to an activating group) is 1. The molecule has 0 fully saturated rings. The molecule has 0 aromatic rings. The number of carbonyl (C=O) groups excluding carboxylic acids is 1. The number of quaternary nitrogens is 1. The summed E-state index contributed by atoms with van der Waals surface area (Å²) in [5.41, 5.74) is 0. The Morgan fingerprint density at radius 2 is 0.775 bits per heavy atom.